The Morgan fingerprint density at radius 1 is 1.45 bits per heavy atom. The summed E-state index contributed by atoms with van der Waals surface area (Å²) in [4.78, 5) is 15.1. The Morgan fingerprint density at radius 2 is 2.00 bits per heavy atom. The van der Waals surface area contributed by atoms with E-state index in [1.165, 1.54) is 0 Å². The second-order valence-electron chi connectivity index (χ2n) is 2.86. The molecule has 0 spiro atoms. The molecule has 1 unspecified atom stereocenters. The van der Waals surface area contributed by atoms with Crippen molar-refractivity contribution in [1.82, 2.24) is 0 Å². The summed E-state index contributed by atoms with van der Waals surface area (Å²) in [6, 6.07) is 0. The zero-order valence-electron chi connectivity index (χ0n) is 7.85. The Kier molecular flexibility index (Phi) is 4.75. The van der Waals surface area contributed by atoms with Crippen LogP contribution in [0.25, 0.3) is 0 Å². The number of aliphatic imine (C=N–C) groups is 1. The van der Waals surface area contributed by atoms with Crippen molar-refractivity contribution in [1.29, 1.82) is 0 Å². The molecule has 11 heavy (non-hydrogen) atoms. The highest BCUT2D eigenvalue weighted by Gasteiger charge is 2.09. The zero-order chi connectivity index (χ0) is 8.85. The van der Waals surface area contributed by atoms with E-state index in [1.807, 2.05) is 13.8 Å². The number of hydrogen-bond acceptors (Lipinski definition) is 2. The third kappa shape index (κ3) is 3.91. The second-order valence-corrected chi connectivity index (χ2v) is 2.86. The van der Waals surface area contributed by atoms with Gasteiger partial charge >= 0.3 is 0 Å². The molecule has 2 nitrogen and oxygen atoms in total. The first kappa shape index (κ1) is 10.3. The number of ketones is 1. The number of rotatable bonds is 4. The minimum atomic E-state index is 0.00144. The van der Waals surface area contributed by atoms with Gasteiger partial charge in [-0.1, -0.05) is 13.8 Å². The molecule has 0 aromatic carbocycles. The standard InChI is InChI=1S/C9H17NO/c1-5-6-10-8(3)7(2)9(4)11/h7H,5-6H2,1-4H3/b10-8+. The van der Waals surface area contributed by atoms with Crippen molar-refractivity contribution in [2.24, 2.45) is 10.9 Å². The number of carbonyl (C=O) groups excluding carboxylic acids is 1. The fourth-order valence-electron chi connectivity index (χ4n) is 0.719. The van der Waals surface area contributed by atoms with Crippen LogP contribution in [0.5, 0.6) is 0 Å². The topological polar surface area (TPSA) is 29.4 Å². The van der Waals surface area contributed by atoms with E-state index < -0.39 is 0 Å². The molecule has 0 aromatic rings. The minimum absolute atomic E-state index is 0.00144. The van der Waals surface area contributed by atoms with E-state index in [0.29, 0.717) is 0 Å². The highest BCUT2D eigenvalue weighted by atomic mass is 16.1. The van der Waals surface area contributed by atoms with Gasteiger partial charge in [-0.25, -0.2) is 0 Å². The van der Waals surface area contributed by atoms with E-state index in [1.54, 1.807) is 6.92 Å². The van der Waals surface area contributed by atoms with Gasteiger partial charge in [-0.15, -0.1) is 0 Å². The first-order valence-electron chi connectivity index (χ1n) is 4.11. The maximum atomic E-state index is 10.9. The van der Waals surface area contributed by atoms with Crippen LogP contribution in [0, 0.1) is 5.92 Å². The van der Waals surface area contributed by atoms with Crippen LogP contribution in [-0.2, 0) is 4.79 Å². The summed E-state index contributed by atoms with van der Waals surface area (Å²) >= 11 is 0. The number of nitrogens with zero attached hydrogens (tertiary/aromatic N) is 1. The fraction of sp³-hybridized carbons (Fsp3) is 0.778. The predicted molar refractivity (Wildman–Crippen MR) is 48.1 cm³/mol. The summed E-state index contributed by atoms with van der Waals surface area (Å²) in [7, 11) is 0. The van der Waals surface area contributed by atoms with E-state index in [2.05, 4.69) is 11.9 Å². The summed E-state index contributed by atoms with van der Waals surface area (Å²) in [5.74, 6) is 0.198. The first-order valence-corrected chi connectivity index (χ1v) is 4.11. The predicted octanol–water partition coefficient (Wildman–Crippen LogP) is 2.08. The van der Waals surface area contributed by atoms with Crippen LogP contribution < -0.4 is 0 Å². The van der Waals surface area contributed by atoms with Gasteiger partial charge in [0.15, 0.2) is 0 Å². The molecule has 0 radical (unpaired) electrons. The number of carbonyl (C=O) groups is 1. The summed E-state index contributed by atoms with van der Waals surface area (Å²) in [5, 5.41) is 0. The third-order valence-corrected chi connectivity index (χ3v) is 1.82. The van der Waals surface area contributed by atoms with E-state index in [-0.39, 0.29) is 11.7 Å². The van der Waals surface area contributed by atoms with Gasteiger partial charge in [0.05, 0.1) is 5.92 Å². The van der Waals surface area contributed by atoms with Crippen LogP contribution in [0.2, 0.25) is 0 Å². The van der Waals surface area contributed by atoms with Gasteiger partial charge < -0.3 is 0 Å². The van der Waals surface area contributed by atoms with Crippen molar-refractivity contribution in [2.45, 2.75) is 34.1 Å². The average molecular weight is 155 g/mol. The fourth-order valence-corrected chi connectivity index (χ4v) is 0.719. The normalized spacial score (nSPS) is 14.7. The molecule has 0 aromatic heterocycles. The van der Waals surface area contributed by atoms with Gasteiger partial charge in [0, 0.05) is 12.3 Å². The van der Waals surface area contributed by atoms with Gasteiger partial charge in [0.2, 0.25) is 0 Å². The Labute approximate surface area is 68.7 Å². The first-order chi connectivity index (χ1) is 5.09. The lowest BCUT2D eigenvalue weighted by Crippen LogP contribution is -2.15. The molecule has 0 saturated heterocycles. The lowest BCUT2D eigenvalue weighted by Gasteiger charge is -2.05. The molecular formula is C9H17NO. The van der Waals surface area contributed by atoms with Gasteiger partial charge in [-0.3, -0.25) is 9.79 Å². The number of Topliss-reactive ketones (excluding diaryl/α,β-unsaturated/α-hetero) is 1. The van der Waals surface area contributed by atoms with Crippen molar-refractivity contribution in [3.05, 3.63) is 0 Å². The van der Waals surface area contributed by atoms with Crippen LogP contribution >= 0.6 is 0 Å². The monoisotopic (exact) mass is 155 g/mol. The van der Waals surface area contributed by atoms with Crippen LogP contribution in [-0.4, -0.2) is 18.0 Å². The Hall–Kier alpha value is -0.660. The summed E-state index contributed by atoms with van der Waals surface area (Å²) < 4.78 is 0. The summed E-state index contributed by atoms with van der Waals surface area (Å²) in [6.45, 7) is 8.34. The quantitative estimate of drug-likeness (QED) is 0.571. The molecule has 1 atom stereocenters. The molecule has 0 aliphatic heterocycles. The largest absolute Gasteiger partial charge is 0.299 e. The minimum Gasteiger partial charge on any atom is -0.299 e. The van der Waals surface area contributed by atoms with Gasteiger partial charge in [0.25, 0.3) is 0 Å². The number of hydrogen-bond donors (Lipinski definition) is 0. The molecule has 64 valence electrons. The van der Waals surface area contributed by atoms with Crippen LogP contribution in [0.1, 0.15) is 34.1 Å². The van der Waals surface area contributed by atoms with Crippen molar-refractivity contribution in [3.8, 4) is 0 Å². The van der Waals surface area contributed by atoms with Crippen LogP contribution in [0.15, 0.2) is 4.99 Å². The van der Waals surface area contributed by atoms with E-state index in [4.69, 9.17) is 0 Å². The van der Waals surface area contributed by atoms with Crippen molar-refractivity contribution < 1.29 is 4.79 Å². The lowest BCUT2D eigenvalue weighted by atomic mass is 10.0. The molecule has 0 saturated carbocycles. The SMILES string of the molecule is CCC/N=C(\C)C(C)C(C)=O. The van der Waals surface area contributed by atoms with Gasteiger partial charge in [0.1, 0.15) is 5.78 Å². The van der Waals surface area contributed by atoms with E-state index >= 15 is 0 Å². The van der Waals surface area contributed by atoms with Gasteiger partial charge in [-0.05, 0) is 20.3 Å². The smallest absolute Gasteiger partial charge is 0.138 e. The molecule has 0 bridgehead atoms. The summed E-state index contributed by atoms with van der Waals surface area (Å²) in [6.07, 6.45) is 1.04. The zero-order valence-corrected chi connectivity index (χ0v) is 7.85. The summed E-state index contributed by atoms with van der Waals surface area (Å²) in [5.41, 5.74) is 0.958. The highest BCUT2D eigenvalue weighted by molar-refractivity contribution is 6.02. The van der Waals surface area contributed by atoms with Gasteiger partial charge in [-0.2, -0.15) is 0 Å². The molecule has 2 heteroatoms. The Balaban J connectivity index is 4.00. The van der Waals surface area contributed by atoms with Crippen molar-refractivity contribution >= 4 is 11.5 Å². The highest BCUT2D eigenvalue weighted by Crippen LogP contribution is 2.00. The molecule has 0 aliphatic rings. The maximum absolute atomic E-state index is 10.9. The van der Waals surface area contributed by atoms with Crippen molar-refractivity contribution in [3.63, 3.8) is 0 Å². The molecule has 0 fully saturated rings. The van der Waals surface area contributed by atoms with E-state index in [0.717, 1.165) is 18.7 Å². The molecular weight excluding hydrogens is 138 g/mol. The molecule has 0 rings (SSSR count). The Morgan fingerprint density at radius 3 is 2.36 bits per heavy atom. The lowest BCUT2D eigenvalue weighted by molar-refractivity contribution is -0.118. The molecule has 0 amide bonds. The van der Waals surface area contributed by atoms with Crippen molar-refractivity contribution in [2.75, 3.05) is 6.54 Å². The third-order valence-electron chi connectivity index (χ3n) is 1.82. The molecule has 0 N–H and O–H groups in total. The average Bonchev–Trinajstić information content (AvgIpc) is 1.98. The van der Waals surface area contributed by atoms with Crippen LogP contribution in [0.4, 0.5) is 0 Å². The second kappa shape index (κ2) is 5.05. The maximum Gasteiger partial charge on any atom is 0.138 e. The molecule has 0 heterocycles. The van der Waals surface area contributed by atoms with E-state index in [9.17, 15) is 4.79 Å². The van der Waals surface area contributed by atoms with Crippen LogP contribution in [0.3, 0.4) is 0 Å². The Bertz CT molecular complexity index is 161. The molecule has 0 aliphatic carbocycles.